The number of carbonyl (C=O) groups is 2. The number of fused-ring (bicyclic) bond motifs is 2. The summed E-state index contributed by atoms with van der Waals surface area (Å²) in [7, 11) is 2.93. The molecule has 1 aliphatic heterocycles. The number of thiazole rings is 1. The predicted molar refractivity (Wildman–Crippen MR) is 112 cm³/mol. The zero-order chi connectivity index (χ0) is 22.0. The van der Waals surface area contributed by atoms with E-state index in [1.54, 1.807) is 41.8 Å². The van der Waals surface area contributed by atoms with Crippen molar-refractivity contribution in [3.63, 3.8) is 0 Å². The Morgan fingerprint density at radius 1 is 1.13 bits per heavy atom. The molecule has 0 fully saturated rings. The van der Waals surface area contributed by atoms with E-state index in [1.807, 2.05) is 0 Å². The Balaban J connectivity index is 1.87. The van der Waals surface area contributed by atoms with Gasteiger partial charge in [0.1, 0.15) is 23.6 Å². The molecule has 162 valence electrons. The molecule has 10 heteroatoms. The van der Waals surface area contributed by atoms with Crippen LogP contribution in [0.25, 0.3) is 10.2 Å². The van der Waals surface area contributed by atoms with E-state index < -0.39 is 11.9 Å². The van der Waals surface area contributed by atoms with Gasteiger partial charge < -0.3 is 28.3 Å². The third kappa shape index (κ3) is 3.93. The second kappa shape index (κ2) is 8.68. The number of amides is 1. The van der Waals surface area contributed by atoms with Crippen LogP contribution in [0.2, 0.25) is 0 Å². The maximum Gasteiger partial charge on any atom is 0.326 e. The highest BCUT2D eigenvalue weighted by Crippen LogP contribution is 2.37. The molecular formula is C21H20N2O7S. The molecule has 0 aliphatic carbocycles. The zero-order valence-electron chi connectivity index (χ0n) is 17.2. The van der Waals surface area contributed by atoms with Gasteiger partial charge in [-0.3, -0.25) is 9.59 Å². The Labute approximate surface area is 181 Å². The maximum absolute atomic E-state index is 13.1. The van der Waals surface area contributed by atoms with Crippen molar-refractivity contribution in [2.45, 2.75) is 13.5 Å². The van der Waals surface area contributed by atoms with Crippen LogP contribution in [0.3, 0.4) is 0 Å². The van der Waals surface area contributed by atoms with Crippen LogP contribution in [0, 0.1) is 0 Å². The van der Waals surface area contributed by atoms with Gasteiger partial charge in [-0.1, -0.05) is 17.4 Å². The van der Waals surface area contributed by atoms with Gasteiger partial charge >= 0.3 is 5.97 Å². The molecule has 3 aromatic rings. The van der Waals surface area contributed by atoms with E-state index in [0.717, 1.165) is 4.70 Å². The number of esters is 1. The summed E-state index contributed by atoms with van der Waals surface area (Å²) in [5.74, 6) is 0.842. The lowest BCUT2D eigenvalue weighted by atomic mass is 10.1. The zero-order valence-corrected chi connectivity index (χ0v) is 18.0. The summed E-state index contributed by atoms with van der Waals surface area (Å²) >= 11 is 1.25. The highest BCUT2D eigenvalue weighted by atomic mass is 32.1. The second-order valence-electron chi connectivity index (χ2n) is 6.40. The first kappa shape index (κ1) is 20.7. The average molecular weight is 444 g/mol. The Morgan fingerprint density at radius 2 is 1.81 bits per heavy atom. The Hall–Kier alpha value is -3.53. The minimum Gasteiger partial charge on any atom is -0.496 e. The van der Waals surface area contributed by atoms with Crippen LogP contribution in [0.1, 0.15) is 17.3 Å². The summed E-state index contributed by atoms with van der Waals surface area (Å²) in [5, 5.41) is 0. The van der Waals surface area contributed by atoms with Gasteiger partial charge in [0.15, 0.2) is 16.3 Å². The molecule has 0 bridgehead atoms. The lowest BCUT2D eigenvalue weighted by Gasteiger charge is -2.10. The molecule has 0 saturated heterocycles. The fourth-order valence-corrected chi connectivity index (χ4v) is 4.28. The van der Waals surface area contributed by atoms with Crippen molar-refractivity contribution in [1.29, 1.82) is 0 Å². The largest absolute Gasteiger partial charge is 0.496 e. The molecule has 2 aromatic carbocycles. The van der Waals surface area contributed by atoms with Gasteiger partial charge in [-0.15, -0.1) is 0 Å². The van der Waals surface area contributed by atoms with Crippen LogP contribution in [0.15, 0.2) is 35.3 Å². The quantitative estimate of drug-likeness (QED) is 0.539. The van der Waals surface area contributed by atoms with Crippen molar-refractivity contribution < 1.29 is 33.3 Å². The van der Waals surface area contributed by atoms with E-state index in [4.69, 9.17) is 23.7 Å². The topological polar surface area (TPSA) is 97.6 Å². The molecule has 0 atom stereocenters. The number of nitrogens with zero attached hydrogens (tertiary/aromatic N) is 2. The smallest absolute Gasteiger partial charge is 0.326 e. The van der Waals surface area contributed by atoms with Crippen molar-refractivity contribution in [2.75, 3.05) is 27.6 Å². The van der Waals surface area contributed by atoms with Gasteiger partial charge in [0.2, 0.25) is 6.79 Å². The summed E-state index contributed by atoms with van der Waals surface area (Å²) < 4.78 is 29.0. The lowest BCUT2D eigenvalue weighted by molar-refractivity contribution is -0.143. The van der Waals surface area contributed by atoms with Gasteiger partial charge in [0.25, 0.3) is 5.91 Å². The molecule has 31 heavy (non-hydrogen) atoms. The highest BCUT2D eigenvalue weighted by molar-refractivity contribution is 7.16. The second-order valence-corrected chi connectivity index (χ2v) is 7.41. The molecule has 2 heterocycles. The number of methoxy groups -OCH3 is 2. The van der Waals surface area contributed by atoms with E-state index in [-0.39, 0.29) is 25.5 Å². The van der Waals surface area contributed by atoms with Crippen molar-refractivity contribution in [1.82, 2.24) is 4.57 Å². The lowest BCUT2D eigenvalue weighted by Crippen LogP contribution is -2.23. The number of rotatable bonds is 6. The molecular weight excluding hydrogens is 424 g/mol. The van der Waals surface area contributed by atoms with Crippen molar-refractivity contribution >= 4 is 33.4 Å². The van der Waals surface area contributed by atoms with Crippen LogP contribution in [0.5, 0.6) is 23.0 Å². The first-order valence-corrected chi connectivity index (χ1v) is 10.3. The van der Waals surface area contributed by atoms with Gasteiger partial charge in [-0.25, -0.2) is 0 Å². The van der Waals surface area contributed by atoms with E-state index in [9.17, 15) is 9.59 Å². The van der Waals surface area contributed by atoms with E-state index in [1.165, 1.54) is 25.6 Å². The van der Waals surface area contributed by atoms with Crippen LogP contribution in [-0.2, 0) is 16.1 Å². The van der Waals surface area contributed by atoms with Crippen molar-refractivity contribution in [2.24, 2.45) is 4.99 Å². The summed E-state index contributed by atoms with van der Waals surface area (Å²) in [4.78, 5) is 30.0. The number of hydrogen-bond donors (Lipinski definition) is 0. The monoisotopic (exact) mass is 444 g/mol. The fraction of sp³-hybridized carbons (Fsp3) is 0.286. The minimum absolute atomic E-state index is 0.108. The number of ether oxygens (including phenoxy) is 5. The fourth-order valence-electron chi connectivity index (χ4n) is 3.24. The van der Waals surface area contributed by atoms with Gasteiger partial charge in [0.05, 0.1) is 31.0 Å². The summed E-state index contributed by atoms with van der Waals surface area (Å²) in [5.41, 5.74) is 0.877. The van der Waals surface area contributed by atoms with Crippen molar-refractivity contribution in [3.05, 3.63) is 40.7 Å². The molecule has 1 aliphatic rings. The Kier molecular flexibility index (Phi) is 5.81. The molecule has 1 amide bonds. The van der Waals surface area contributed by atoms with Crippen LogP contribution >= 0.6 is 11.3 Å². The van der Waals surface area contributed by atoms with Gasteiger partial charge in [-0.05, 0) is 19.1 Å². The van der Waals surface area contributed by atoms with Crippen LogP contribution < -0.4 is 23.7 Å². The summed E-state index contributed by atoms with van der Waals surface area (Å²) in [6.45, 7) is 2.00. The number of benzene rings is 2. The molecule has 0 saturated carbocycles. The van der Waals surface area contributed by atoms with Crippen LogP contribution in [-0.4, -0.2) is 44.1 Å². The SMILES string of the molecule is CCOC(=O)Cn1c(=NC(=O)c2c(OC)cccc2OC)sc2cc3c(cc21)OCO3. The highest BCUT2D eigenvalue weighted by Gasteiger charge is 2.21. The van der Waals surface area contributed by atoms with E-state index in [2.05, 4.69) is 4.99 Å². The predicted octanol–water partition coefficient (Wildman–Crippen LogP) is 2.75. The van der Waals surface area contributed by atoms with E-state index in [0.29, 0.717) is 33.3 Å². The maximum atomic E-state index is 13.1. The number of carbonyl (C=O) groups excluding carboxylic acids is 2. The average Bonchev–Trinajstić information content (AvgIpc) is 3.35. The van der Waals surface area contributed by atoms with E-state index >= 15 is 0 Å². The third-order valence-corrected chi connectivity index (χ3v) is 5.65. The first-order chi connectivity index (χ1) is 15.0. The summed E-state index contributed by atoms with van der Waals surface area (Å²) in [6.07, 6.45) is 0. The Morgan fingerprint density at radius 3 is 2.45 bits per heavy atom. The molecule has 4 rings (SSSR count). The molecule has 0 N–H and O–H groups in total. The molecule has 0 unspecified atom stereocenters. The van der Waals surface area contributed by atoms with Gasteiger partial charge in [0, 0.05) is 12.1 Å². The molecule has 9 nitrogen and oxygen atoms in total. The molecule has 0 radical (unpaired) electrons. The minimum atomic E-state index is -0.557. The molecule has 1 aromatic heterocycles. The van der Waals surface area contributed by atoms with Crippen LogP contribution in [0.4, 0.5) is 0 Å². The Bertz CT molecular complexity index is 1210. The number of aromatic nitrogens is 1. The number of hydrogen-bond acceptors (Lipinski definition) is 8. The summed E-state index contributed by atoms with van der Waals surface area (Å²) in [6, 6.07) is 8.60. The third-order valence-electron chi connectivity index (χ3n) is 4.61. The first-order valence-electron chi connectivity index (χ1n) is 9.44. The van der Waals surface area contributed by atoms with Gasteiger partial charge in [-0.2, -0.15) is 4.99 Å². The standard InChI is InChI=1S/C21H20N2O7S/c1-4-28-18(24)10-23-12-8-15-16(30-11-29-15)9-17(12)31-21(23)22-20(25)19-13(26-2)6-5-7-14(19)27-3/h5-9H,4,10-11H2,1-3H3. The molecule has 0 spiro atoms. The van der Waals surface area contributed by atoms with Crippen molar-refractivity contribution in [3.8, 4) is 23.0 Å². The normalized spacial score (nSPS) is 12.8.